The third kappa shape index (κ3) is 2.27. The van der Waals surface area contributed by atoms with Crippen molar-refractivity contribution in [2.75, 3.05) is 13.1 Å². The first-order valence-corrected chi connectivity index (χ1v) is 7.26. The van der Waals surface area contributed by atoms with Gasteiger partial charge in [-0.15, -0.1) is 0 Å². The lowest BCUT2D eigenvalue weighted by molar-refractivity contribution is -0.131. The van der Waals surface area contributed by atoms with Gasteiger partial charge in [-0.3, -0.25) is 4.79 Å². The van der Waals surface area contributed by atoms with E-state index in [0.29, 0.717) is 17.9 Å². The normalized spacial score (nSPS) is 31.3. The molecule has 1 aromatic carbocycles. The van der Waals surface area contributed by atoms with Crippen molar-refractivity contribution in [3.8, 4) is 0 Å². The average Bonchev–Trinajstić information content (AvgIpc) is 3.01. The summed E-state index contributed by atoms with van der Waals surface area (Å²) in [5.74, 6) is 1.39. The number of nitrogens with two attached hydrogens (primary N) is 1. The fourth-order valence-electron chi connectivity index (χ4n) is 3.65. The minimum absolute atomic E-state index is 0.0451. The Morgan fingerprint density at radius 1 is 1.26 bits per heavy atom. The van der Waals surface area contributed by atoms with Gasteiger partial charge in [0.15, 0.2) is 0 Å². The topological polar surface area (TPSA) is 46.3 Å². The summed E-state index contributed by atoms with van der Waals surface area (Å²) in [6.07, 6.45) is 2.32. The lowest BCUT2D eigenvalue weighted by Crippen LogP contribution is -2.35. The van der Waals surface area contributed by atoms with Gasteiger partial charge in [-0.1, -0.05) is 30.3 Å². The van der Waals surface area contributed by atoms with Crippen LogP contribution in [0.15, 0.2) is 30.3 Å². The SMILES string of the molecule is CC(C(=O)N1CC2CCC(N)C2C1)c1ccccc1. The Hall–Kier alpha value is -1.35. The Balaban J connectivity index is 1.69. The van der Waals surface area contributed by atoms with Crippen molar-refractivity contribution in [3.05, 3.63) is 35.9 Å². The van der Waals surface area contributed by atoms with Gasteiger partial charge in [-0.25, -0.2) is 0 Å². The van der Waals surface area contributed by atoms with Crippen LogP contribution in [-0.4, -0.2) is 29.9 Å². The van der Waals surface area contributed by atoms with Crippen LogP contribution in [0, 0.1) is 11.8 Å². The molecule has 1 aromatic rings. The zero-order chi connectivity index (χ0) is 13.4. The van der Waals surface area contributed by atoms with E-state index in [1.807, 2.05) is 42.2 Å². The van der Waals surface area contributed by atoms with E-state index in [1.54, 1.807) is 0 Å². The highest BCUT2D eigenvalue weighted by molar-refractivity contribution is 5.83. The molecule has 4 atom stereocenters. The highest BCUT2D eigenvalue weighted by atomic mass is 16.2. The summed E-state index contributed by atoms with van der Waals surface area (Å²) in [4.78, 5) is 14.6. The van der Waals surface area contributed by atoms with E-state index in [1.165, 1.54) is 6.42 Å². The first-order valence-electron chi connectivity index (χ1n) is 7.26. The van der Waals surface area contributed by atoms with Gasteiger partial charge < -0.3 is 10.6 Å². The van der Waals surface area contributed by atoms with Crippen molar-refractivity contribution in [1.82, 2.24) is 4.90 Å². The minimum Gasteiger partial charge on any atom is -0.342 e. The Bertz CT molecular complexity index is 459. The lowest BCUT2D eigenvalue weighted by Gasteiger charge is -2.22. The molecule has 0 spiro atoms. The molecule has 1 amide bonds. The molecular weight excluding hydrogens is 236 g/mol. The maximum Gasteiger partial charge on any atom is 0.229 e. The van der Waals surface area contributed by atoms with Crippen LogP contribution in [0.25, 0.3) is 0 Å². The van der Waals surface area contributed by atoms with E-state index in [4.69, 9.17) is 5.73 Å². The van der Waals surface area contributed by atoms with E-state index < -0.39 is 0 Å². The molecular formula is C16H22N2O. The minimum atomic E-state index is -0.0451. The maximum atomic E-state index is 12.6. The van der Waals surface area contributed by atoms with Gasteiger partial charge in [0.25, 0.3) is 0 Å². The molecule has 4 unspecified atom stereocenters. The van der Waals surface area contributed by atoms with Crippen molar-refractivity contribution in [3.63, 3.8) is 0 Å². The molecule has 1 heterocycles. The summed E-state index contributed by atoms with van der Waals surface area (Å²) < 4.78 is 0. The number of nitrogens with zero attached hydrogens (tertiary/aromatic N) is 1. The first-order chi connectivity index (χ1) is 9.16. The fraction of sp³-hybridized carbons (Fsp3) is 0.562. The van der Waals surface area contributed by atoms with E-state index >= 15 is 0 Å². The summed E-state index contributed by atoms with van der Waals surface area (Å²) in [6, 6.07) is 10.3. The molecule has 3 nitrogen and oxygen atoms in total. The predicted octanol–water partition coefficient (Wildman–Crippen LogP) is 1.99. The Kier molecular flexibility index (Phi) is 3.31. The second-order valence-corrected chi connectivity index (χ2v) is 6.04. The number of fused-ring (bicyclic) bond motifs is 1. The molecule has 2 aliphatic rings. The van der Waals surface area contributed by atoms with Gasteiger partial charge >= 0.3 is 0 Å². The lowest BCUT2D eigenvalue weighted by atomic mass is 9.98. The molecule has 2 fully saturated rings. The van der Waals surface area contributed by atoms with E-state index in [2.05, 4.69) is 0 Å². The smallest absolute Gasteiger partial charge is 0.229 e. The zero-order valence-electron chi connectivity index (χ0n) is 11.5. The van der Waals surface area contributed by atoms with Crippen LogP contribution < -0.4 is 5.73 Å². The highest BCUT2D eigenvalue weighted by Crippen LogP contribution is 2.38. The summed E-state index contributed by atoms with van der Waals surface area (Å²) >= 11 is 0. The summed E-state index contributed by atoms with van der Waals surface area (Å²) in [6.45, 7) is 3.78. The number of carbonyl (C=O) groups excluding carboxylic acids is 1. The molecule has 3 heteroatoms. The summed E-state index contributed by atoms with van der Waals surface area (Å²) in [5, 5.41) is 0. The molecule has 1 aliphatic heterocycles. The van der Waals surface area contributed by atoms with Gasteiger partial charge in [0.05, 0.1) is 5.92 Å². The third-order valence-corrected chi connectivity index (χ3v) is 4.89. The number of carbonyl (C=O) groups is 1. The summed E-state index contributed by atoms with van der Waals surface area (Å²) in [7, 11) is 0. The first kappa shape index (κ1) is 12.7. The number of rotatable bonds is 2. The number of hydrogen-bond acceptors (Lipinski definition) is 2. The quantitative estimate of drug-likeness (QED) is 0.881. The second kappa shape index (κ2) is 4.97. The fourth-order valence-corrected chi connectivity index (χ4v) is 3.65. The average molecular weight is 258 g/mol. The monoisotopic (exact) mass is 258 g/mol. The second-order valence-electron chi connectivity index (χ2n) is 6.04. The van der Waals surface area contributed by atoms with Gasteiger partial charge in [0, 0.05) is 19.1 Å². The third-order valence-electron chi connectivity index (χ3n) is 4.89. The zero-order valence-corrected chi connectivity index (χ0v) is 11.5. The van der Waals surface area contributed by atoms with Gasteiger partial charge in [-0.05, 0) is 37.2 Å². The molecule has 2 N–H and O–H groups in total. The van der Waals surface area contributed by atoms with Crippen LogP contribution >= 0.6 is 0 Å². The Labute approximate surface area is 114 Å². The van der Waals surface area contributed by atoms with Crippen LogP contribution in [0.4, 0.5) is 0 Å². The number of likely N-dealkylation sites (tertiary alicyclic amines) is 1. The van der Waals surface area contributed by atoms with Crippen molar-refractivity contribution in [2.45, 2.75) is 31.7 Å². The molecule has 1 saturated heterocycles. The molecule has 1 aliphatic carbocycles. The molecule has 0 radical (unpaired) electrons. The predicted molar refractivity (Wildman–Crippen MR) is 75.6 cm³/mol. The maximum absolute atomic E-state index is 12.6. The van der Waals surface area contributed by atoms with Gasteiger partial charge in [0.2, 0.25) is 5.91 Å². The molecule has 0 bridgehead atoms. The number of benzene rings is 1. The van der Waals surface area contributed by atoms with Crippen LogP contribution in [0.2, 0.25) is 0 Å². The van der Waals surface area contributed by atoms with E-state index in [0.717, 1.165) is 25.1 Å². The molecule has 19 heavy (non-hydrogen) atoms. The molecule has 102 valence electrons. The van der Waals surface area contributed by atoms with Crippen molar-refractivity contribution >= 4 is 5.91 Å². The van der Waals surface area contributed by atoms with Crippen molar-refractivity contribution < 1.29 is 4.79 Å². The summed E-state index contributed by atoms with van der Waals surface area (Å²) in [5.41, 5.74) is 7.24. The number of hydrogen-bond donors (Lipinski definition) is 1. The number of amides is 1. The standard InChI is InChI=1S/C16H22N2O/c1-11(12-5-3-2-4-6-12)16(19)18-9-13-7-8-15(17)14(13)10-18/h2-6,11,13-15H,7-10,17H2,1H3. The Morgan fingerprint density at radius 3 is 2.68 bits per heavy atom. The highest BCUT2D eigenvalue weighted by Gasteiger charge is 2.43. The van der Waals surface area contributed by atoms with E-state index in [9.17, 15) is 4.79 Å². The van der Waals surface area contributed by atoms with Gasteiger partial charge in [-0.2, -0.15) is 0 Å². The van der Waals surface area contributed by atoms with Crippen LogP contribution in [-0.2, 0) is 4.79 Å². The van der Waals surface area contributed by atoms with Gasteiger partial charge in [0.1, 0.15) is 0 Å². The van der Waals surface area contributed by atoms with E-state index in [-0.39, 0.29) is 11.8 Å². The molecule has 3 rings (SSSR count). The van der Waals surface area contributed by atoms with Crippen LogP contribution in [0.3, 0.4) is 0 Å². The molecule has 1 saturated carbocycles. The van der Waals surface area contributed by atoms with Crippen LogP contribution in [0.5, 0.6) is 0 Å². The van der Waals surface area contributed by atoms with Crippen molar-refractivity contribution in [2.24, 2.45) is 17.6 Å². The van der Waals surface area contributed by atoms with Crippen molar-refractivity contribution in [1.29, 1.82) is 0 Å². The Morgan fingerprint density at radius 2 is 2.00 bits per heavy atom. The molecule has 0 aromatic heterocycles. The van der Waals surface area contributed by atoms with Crippen LogP contribution in [0.1, 0.15) is 31.2 Å². The largest absolute Gasteiger partial charge is 0.342 e.